The number of pyridine rings is 2. The molecule has 0 radical (unpaired) electrons. The summed E-state index contributed by atoms with van der Waals surface area (Å²) in [7, 11) is 0. The molecule has 1 amide bonds. The highest BCUT2D eigenvalue weighted by Crippen LogP contribution is 2.30. The summed E-state index contributed by atoms with van der Waals surface area (Å²) >= 11 is 0. The van der Waals surface area contributed by atoms with Crippen molar-refractivity contribution in [2.75, 3.05) is 6.54 Å². The highest BCUT2D eigenvalue weighted by Gasteiger charge is 2.14. The molecule has 7 nitrogen and oxygen atoms in total. The lowest BCUT2D eigenvalue weighted by molar-refractivity contribution is -0.122. The first kappa shape index (κ1) is 20.6. The van der Waals surface area contributed by atoms with E-state index in [9.17, 15) is 4.79 Å². The first-order valence-corrected chi connectivity index (χ1v) is 10.2. The number of H-pyrrole nitrogens is 1. The number of carbonyl (C=O) groups is 1. The van der Waals surface area contributed by atoms with E-state index in [0.717, 1.165) is 39.9 Å². The van der Waals surface area contributed by atoms with Crippen molar-refractivity contribution in [3.8, 4) is 11.5 Å². The SMILES string of the molecule is Cc1c[nH]c2nccc(Oc3ccc(C[C@H](N)C(=O)NCCc4ccncc4)cc3)c12. The van der Waals surface area contributed by atoms with Crippen LogP contribution in [-0.4, -0.2) is 33.4 Å². The number of aromatic amines is 1. The molecular formula is C24H25N5O2. The minimum absolute atomic E-state index is 0.156. The molecule has 0 saturated heterocycles. The molecule has 31 heavy (non-hydrogen) atoms. The van der Waals surface area contributed by atoms with Crippen molar-refractivity contribution in [1.29, 1.82) is 0 Å². The van der Waals surface area contributed by atoms with Crippen molar-refractivity contribution >= 4 is 16.9 Å². The largest absolute Gasteiger partial charge is 0.457 e. The maximum absolute atomic E-state index is 12.3. The third kappa shape index (κ3) is 5.07. The van der Waals surface area contributed by atoms with Gasteiger partial charge in [-0.05, 0) is 66.8 Å². The molecule has 0 aliphatic carbocycles. The Balaban J connectivity index is 1.31. The van der Waals surface area contributed by atoms with Gasteiger partial charge in [-0.25, -0.2) is 4.98 Å². The summed E-state index contributed by atoms with van der Waals surface area (Å²) in [6.07, 6.45) is 8.32. The molecule has 0 bridgehead atoms. The lowest BCUT2D eigenvalue weighted by Crippen LogP contribution is -2.42. The number of nitrogens with two attached hydrogens (primary N) is 1. The molecule has 4 aromatic rings. The van der Waals surface area contributed by atoms with Gasteiger partial charge in [-0.2, -0.15) is 0 Å². The van der Waals surface area contributed by atoms with E-state index in [-0.39, 0.29) is 5.91 Å². The van der Waals surface area contributed by atoms with Gasteiger partial charge in [0.05, 0.1) is 11.4 Å². The molecule has 7 heteroatoms. The number of benzene rings is 1. The number of nitrogens with one attached hydrogen (secondary N) is 2. The molecule has 3 aromatic heterocycles. The fourth-order valence-corrected chi connectivity index (χ4v) is 3.45. The Bertz CT molecular complexity index is 1160. The second-order valence-corrected chi connectivity index (χ2v) is 7.46. The Hall–Kier alpha value is -3.71. The molecule has 0 saturated carbocycles. The van der Waals surface area contributed by atoms with E-state index in [1.54, 1.807) is 18.6 Å². The number of nitrogens with zero attached hydrogens (tertiary/aromatic N) is 2. The molecule has 0 spiro atoms. The van der Waals surface area contributed by atoms with Gasteiger partial charge in [0.25, 0.3) is 0 Å². The average molecular weight is 415 g/mol. The number of fused-ring (bicyclic) bond motifs is 1. The summed E-state index contributed by atoms with van der Waals surface area (Å²) in [4.78, 5) is 23.7. The van der Waals surface area contributed by atoms with Crippen LogP contribution in [0.5, 0.6) is 11.5 Å². The van der Waals surface area contributed by atoms with Crippen LogP contribution >= 0.6 is 0 Å². The summed E-state index contributed by atoms with van der Waals surface area (Å²) in [5.74, 6) is 1.31. The zero-order chi connectivity index (χ0) is 21.6. The Morgan fingerprint density at radius 3 is 2.65 bits per heavy atom. The zero-order valence-corrected chi connectivity index (χ0v) is 17.3. The van der Waals surface area contributed by atoms with Crippen LogP contribution < -0.4 is 15.8 Å². The van der Waals surface area contributed by atoms with Gasteiger partial charge in [-0.1, -0.05) is 12.1 Å². The van der Waals surface area contributed by atoms with E-state index in [0.29, 0.717) is 18.7 Å². The van der Waals surface area contributed by atoms with Crippen LogP contribution in [0, 0.1) is 6.92 Å². The van der Waals surface area contributed by atoms with Crippen LogP contribution in [0.25, 0.3) is 11.0 Å². The molecule has 0 unspecified atom stereocenters. The number of hydrogen-bond acceptors (Lipinski definition) is 5. The number of ether oxygens (including phenoxy) is 1. The predicted octanol–water partition coefficient (Wildman–Crippen LogP) is 3.29. The van der Waals surface area contributed by atoms with Crippen molar-refractivity contribution in [3.05, 3.63) is 83.9 Å². The minimum Gasteiger partial charge on any atom is -0.457 e. The molecule has 0 aliphatic heterocycles. The second kappa shape index (κ2) is 9.40. The third-order valence-corrected chi connectivity index (χ3v) is 5.14. The van der Waals surface area contributed by atoms with E-state index >= 15 is 0 Å². The van der Waals surface area contributed by atoms with Crippen molar-refractivity contribution in [2.24, 2.45) is 5.73 Å². The van der Waals surface area contributed by atoms with E-state index in [1.807, 2.05) is 55.6 Å². The van der Waals surface area contributed by atoms with E-state index in [2.05, 4.69) is 20.3 Å². The maximum atomic E-state index is 12.3. The van der Waals surface area contributed by atoms with Crippen molar-refractivity contribution in [2.45, 2.75) is 25.8 Å². The number of aryl methyl sites for hydroxylation is 1. The van der Waals surface area contributed by atoms with Gasteiger partial charge in [0.2, 0.25) is 5.91 Å². The lowest BCUT2D eigenvalue weighted by atomic mass is 10.1. The van der Waals surface area contributed by atoms with Crippen molar-refractivity contribution < 1.29 is 9.53 Å². The van der Waals surface area contributed by atoms with Crippen LogP contribution in [0.1, 0.15) is 16.7 Å². The number of hydrogen-bond donors (Lipinski definition) is 3. The standard InChI is InChI=1S/C24H25N5O2/c1-16-15-29-23-22(16)21(9-13-27-23)31-19-4-2-18(3-5-19)14-20(25)24(30)28-12-8-17-6-10-26-11-7-17/h2-7,9-11,13,15,20H,8,12,14,25H2,1H3,(H,27,29)(H,28,30)/t20-/m0/s1. The quantitative estimate of drug-likeness (QED) is 0.409. The lowest BCUT2D eigenvalue weighted by Gasteiger charge is -2.13. The smallest absolute Gasteiger partial charge is 0.237 e. The summed E-state index contributed by atoms with van der Waals surface area (Å²) in [5.41, 5.74) is 10.1. The van der Waals surface area contributed by atoms with Crippen LogP contribution in [0.3, 0.4) is 0 Å². The molecule has 0 aliphatic rings. The van der Waals surface area contributed by atoms with Gasteiger partial charge in [0.1, 0.15) is 17.1 Å². The Morgan fingerprint density at radius 1 is 1.10 bits per heavy atom. The van der Waals surface area contributed by atoms with Gasteiger partial charge in [-0.3, -0.25) is 9.78 Å². The fourth-order valence-electron chi connectivity index (χ4n) is 3.45. The molecule has 158 valence electrons. The van der Waals surface area contributed by atoms with E-state index < -0.39 is 6.04 Å². The average Bonchev–Trinajstić information content (AvgIpc) is 3.17. The van der Waals surface area contributed by atoms with Gasteiger partial charge < -0.3 is 20.8 Å². The summed E-state index contributed by atoms with van der Waals surface area (Å²) in [5, 5.41) is 3.87. The minimum atomic E-state index is -0.605. The van der Waals surface area contributed by atoms with Gasteiger partial charge in [0, 0.05) is 31.3 Å². The number of carbonyl (C=O) groups excluding carboxylic acids is 1. The maximum Gasteiger partial charge on any atom is 0.237 e. The molecular weight excluding hydrogens is 390 g/mol. The van der Waals surface area contributed by atoms with Gasteiger partial charge in [-0.15, -0.1) is 0 Å². The highest BCUT2D eigenvalue weighted by molar-refractivity contribution is 5.86. The predicted molar refractivity (Wildman–Crippen MR) is 120 cm³/mol. The fraction of sp³-hybridized carbons (Fsp3) is 0.208. The number of rotatable bonds is 8. The summed E-state index contributed by atoms with van der Waals surface area (Å²) in [6.45, 7) is 2.56. The van der Waals surface area contributed by atoms with E-state index in [1.165, 1.54) is 0 Å². The topological polar surface area (TPSA) is 106 Å². The molecule has 1 atom stereocenters. The monoisotopic (exact) mass is 415 g/mol. The Kier molecular flexibility index (Phi) is 6.24. The molecule has 0 fully saturated rings. The van der Waals surface area contributed by atoms with Crippen LogP contribution in [-0.2, 0) is 17.6 Å². The van der Waals surface area contributed by atoms with Crippen LogP contribution in [0.15, 0.2) is 67.3 Å². The molecule has 1 aromatic carbocycles. The van der Waals surface area contributed by atoms with Crippen LogP contribution in [0.4, 0.5) is 0 Å². The number of aromatic nitrogens is 3. The van der Waals surface area contributed by atoms with Crippen molar-refractivity contribution in [1.82, 2.24) is 20.3 Å². The zero-order valence-electron chi connectivity index (χ0n) is 17.3. The first-order valence-electron chi connectivity index (χ1n) is 10.2. The normalized spacial score (nSPS) is 11.9. The summed E-state index contributed by atoms with van der Waals surface area (Å²) < 4.78 is 6.06. The Labute approximate surface area is 180 Å². The van der Waals surface area contributed by atoms with Crippen LogP contribution in [0.2, 0.25) is 0 Å². The second-order valence-electron chi connectivity index (χ2n) is 7.46. The van der Waals surface area contributed by atoms with Crippen molar-refractivity contribution in [3.63, 3.8) is 0 Å². The van der Waals surface area contributed by atoms with Gasteiger partial charge >= 0.3 is 0 Å². The van der Waals surface area contributed by atoms with Gasteiger partial charge in [0.15, 0.2) is 0 Å². The summed E-state index contributed by atoms with van der Waals surface area (Å²) in [6, 6.07) is 12.8. The number of amides is 1. The highest BCUT2D eigenvalue weighted by atomic mass is 16.5. The van der Waals surface area contributed by atoms with E-state index in [4.69, 9.17) is 10.5 Å². The molecule has 4 rings (SSSR count). The molecule has 3 heterocycles. The first-order chi connectivity index (χ1) is 15.1. The third-order valence-electron chi connectivity index (χ3n) is 5.14. The molecule has 4 N–H and O–H groups in total. The Morgan fingerprint density at radius 2 is 1.87 bits per heavy atom.